The summed E-state index contributed by atoms with van der Waals surface area (Å²) in [6.45, 7) is 5.35. The molecule has 0 atom stereocenters. The molecule has 2 fully saturated rings. The molecule has 2 rings (SSSR count). The van der Waals surface area contributed by atoms with Crippen molar-refractivity contribution < 1.29 is 9.47 Å². The van der Waals surface area contributed by atoms with Crippen LogP contribution in [0.1, 0.15) is 45.4 Å². The molecule has 0 aromatic heterocycles. The van der Waals surface area contributed by atoms with Crippen LogP contribution >= 0.6 is 0 Å². The highest BCUT2D eigenvalue weighted by Gasteiger charge is 2.36. The van der Waals surface area contributed by atoms with E-state index in [0.29, 0.717) is 0 Å². The summed E-state index contributed by atoms with van der Waals surface area (Å²) in [5.41, 5.74) is 0.125. The third kappa shape index (κ3) is 3.72. The van der Waals surface area contributed by atoms with Crippen molar-refractivity contribution in [2.75, 3.05) is 26.4 Å². The highest BCUT2D eigenvalue weighted by molar-refractivity contribution is 4.92. The van der Waals surface area contributed by atoms with Gasteiger partial charge in [0.25, 0.3) is 0 Å². The number of ether oxygens (including phenoxy) is 2. The van der Waals surface area contributed by atoms with E-state index in [0.717, 1.165) is 32.4 Å². The monoisotopic (exact) mass is 227 g/mol. The van der Waals surface area contributed by atoms with Gasteiger partial charge in [0, 0.05) is 19.2 Å². The number of hydrogen-bond donors (Lipinski definition) is 1. The van der Waals surface area contributed by atoms with Crippen molar-refractivity contribution in [3.05, 3.63) is 0 Å². The van der Waals surface area contributed by atoms with Crippen molar-refractivity contribution in [2.24, 2.45) is 0 Å². The maximum absolute atomic E-state index is 6.08. The molecule has 0 amide bonds. The van der Waals surface area contributed by atoms with E-state index in [2.05, 4.69) is 5.32 Å². The van der Waals surface area contributed by atoms with Gasteiger partial charge in [0.05, 0.1) is 18.8 Å². The van der Waals surface area contributed by atoms with Crippen molar-refractivity contribution >= 4 is 0 Å². The summed E-state index contributed by atoms with van der Waals surface area (Å²) < 4.78 is 11.4. The van der Waals surface area contributed by atoms with Crippen LogP contribution in [0.5, 0.6) is 0 Å². The molecule has 0 aromatic rings. The van der Waals surface area contributed by atoms with Crippen molar-refractivity contribution in [2.45, 2.75) is 57.1 Å². The second kappa shape index (κ2) is 5.99. The zero-order chi connectivity index (χ0) is 11.3. The fourth-order valence-electron chi connectivity index (χ4n) is 2.47. The summed E-state index contributed by atoms with van der Waals surface area (Å²) in [5, 5.41) is 3.61. The Balaban J connectivity index is 1.68. The molecule has 94 valence electrons. The lowest BCUT2D eigenvalue weighted by Crippen LogP contribution is -2.42. The van der Waals surface area contributed by atoms with Gasteiger partial charge in [-0.1, -0.05) is 12.8 Å². The Bertz CT molecular complexity index is 198. The van der Waals surface area contributed by atoms with Gasteiger partial charge in [-0.15, -0.1) is 0 Å². The Morgan fingerprint density at radius 1 is 1.19 bits per heavy atom. The largest absolute Gasteiger partial charge is 0.379 e. The van der Waals surface area contributed by atoms with Crippen LogP contribution in [0.4, 0.5) is 0 Å². The first-order chi connectivity index (χ1) is 7.85. The molecule has 2 saturated carbocycles. The lowest BCUT2D eigenvalue weighted by atomic mass is 10.0. The average molecular weight is 227 g/mol. The molecule has 2 aliphatic rings. The van der Waals surface area contributed by atoms with Crippen molar-refractivity contribution in [1.29, 1.82) is 0 Å². The van der Waals surface area contributed by atoms with E-state index >= 15 is 0 Å². The molecule has 2 aliphatic carbocycles. The minimum absolute atomic E-state index is 0.125. The van der Waals surface area contributed by atoms with Gasteiger partial charge in [-0.25, -0.2) is 0 Å². The van der Waals surface area contributed by atoms with Gasteiger partial charge in [0.2, 0.25) is 0 Å². The van der Waals surface area contributed by atoms with E-state index in [-0.39, 0.29) is 5.60 Å². The number of nitrogens with one attached hydrogen (secondary N) is 1. The normalized spacial score (nSPS) is 23.8. The van der Waals surface area contributed by atoms with Crippen molar-refractivity contribution in [3.8, 4) is 0 Å². The quantitative estimate of drug-likeness (QED) is 0.644. The predicted molar refractivity (Wildman–Crippen MR) is 64.7 cm³/mol. The lowest BCUT2D eigenvalue weighted by Gasteiger charge is -2.30. The van der Waals surface area contributed by atoms with Crippen molar-refractivity contribution in [1.82, 2.24) is 5.32 Å². The van der Waals surface area contributed by atoms with Gasteiger partial charge in [-0.3, -0.25) is 0 Å². The van der Waals surface area contributed by atoms with Gasteiger partial charge >= 0.3 is 0 Å². The maximum Gasteiger partial charge on any atom is 0.0807 e. The fourth-order valence-corrected chi connectivity index (χ4v) is 2.47. The molecule has 3 nitrogen and oxygen atoms in total. The summed E-state index contributed by atoms with van der Waals surface area (Å²) in [6, 6.07) is 0.785. The standard InChI is InChI=1S/C13H25NO2/c1-2-15-9-10-16-13(7-3-4-8-13)11-14-12-5-6-12/h12,14H,2-11H2,1H3. The molecule has 3 heteroatoms. The predicted octanol–water partition coefficient (Wildman–Crippen LogP) is 2.10. The minimum Gasteiger partial charge on any atom is -0.379 e. The summed E-state index contributed by atoms with van der Waals surface area (Å²) in [6.07, 6.45) is 7.80. The summed E-state index contributed by atoms with van der Waals surface area (Å²) >= 11 is 0. The number of hydrogen-bond acceptors (Lipinski definition) is 3. The zero-order valence-corrected chi connectivity index (χ0v) is 10.5. The van der Waals surface area contributed by atoms with E-state index in [1.54, 1.807) is 0 Å². The molecule has 0 aromatic carbocycles. The fraction of sp³-hybridized carbons (Fsp3) is 1.00. The first-order valence-electron chi connectivity index (χ1n) is 6.80. The molecule has 16 heavy (non-hydrogen) atoms. The third-order valence-corrected chi connectivity index (χ3v) is 3.65. The Morgan fingerprint density at radius 2 is 1.94 bits per heavy atom. The SMILES string of the molecule is CCOCCOC1(CNC2CC2)CCCC1. The third-order valence-electron chi connectivity index (χ3n) is 3.65. The summed E-state index contributed by atoms with van der Waals surface area (Å²) in [7, 11) is 0. The molecule has 0 radical (unpaired) electrons. The Morgan fingerprint density at radius 3 is 2.56 bits per heavy atom. The molecule has 0 heterocycles. The zero-order valence-electron chi connectivity index (χ0n) is 10.5. The van der Waals surface area contributed by atoms with Crippen LogP contribution in [0, 0.1) is 0 Å². The second-order valence-corrected chi connectivity index (χ2v) is 5.09. The van der Waals surface area contributed by atoms with E-state index < -0.39 is 0 Å². The van der Waals surface area contributed by atoms with Crippen LogP contribution in [-0.2, 0) is 9.47 Å². The van der Waals surface area contributed by atoms with Crippen LogP contribution in [0.25, 0.3) is 0 Å². The highest BCUT2D eigenvalue weighted by atomic mass is 16.5. The van der Waals surface area contributed by atoms with E-state index in [1.165, 1.54) is 38.5 Å². The van der Waals surface area contributed by atoms with Gasteiger partial charge in [-0.2, -0.15) is 0 Å². The first kappa shape index (κ1) is 12.3. The lowest BCUT2D eigenvalue weighted by molar-refractivity contribution is -0.0616. The highest BCUT2D eigenvalue weighted by Crippen LogP contribution is 2.33. The summed E-state index contributed by atoms with van der Waals surface area (Å²) in [5.74, 6) is 0. The Kier molecular flexibility index (Phi) is 4.62. The molecule has 0 aliphatic heterocycles. The molecule has 0 spiro atoms. The molecule has 0 bridgehead atoms. The number of rotatable bonds is 8. The van der Waals surface area contributed by atoms with E-state index in [4.69, 9.17) is 9.47 Å². The van der Waals surface area contributed by atoms with Gasteiger partial charge in [-0.05, 0) is 32.6 Å². The van der Waals surface area contributed by atoms with Gasteiger partial charge in [0.1, 0.15) is 0 Å². The molecule has 0 saturated heterocycles. The second-order valence-electron chi connectivity index (χ2n) is 5.09. The first-order valence-corrected chi connectivity index (χ1v) is 6.80. The molecule has 0 unspecified atom stereocenters. The van der Waals surface area contributed by atoms with Crippen LogP contribution < -0.4 is 5.32 Å². The van der Waals surface area contributed by atoms with Gasteiger partial charge in [0.15, 0.2) is 0 Å². The smallest absolute Gasteiger partial charge is 0.0807 e. The molecular formula is C13H25NO2. The average Bonchev–Trinajstić information content (AvgIpc) is 3.02. The summed E-state index contributed by atoms with van der Waals surface area (Å²) in [4.78, 5) is 0. The maximum atomic E-state index is 6.08. The minimum atomic E-state index is 0.125. The van der Waals surface area contributed by atoms with Crippen LogP contribution in [0.15, 0.2) is 0 Å². The topological polar surface area (TPSA) is 30.5 Å². The van der Waals surface area contributed by atoms with E-state index in [9.17, 15) is 0 Å². The Labute approximate surface area is 98.9 Å². The van der Waals surface area contributed by atoms with Gasteiger partial charge < -0.3 is 14.8 Å². The van der Waals surface area contributed by atoms with Crippen LogP contribution in [0.2, 0.25) is 0 Å². The molecular weight excluding hydrogens is 202 g/mol. The van der Waals surface area contributed by atoms with Crippen LogP contribution in [0.3, 0.4) is 0 Å². The molecule has 1 N–H and O–H groups in total. The van der Waals surface area contributed by atoms with E-state index in [1.807, 2.05) is 6.92 Å². The van der Waals surface area contributed by atoms with Crippen molar-refractivity contribution in [3.63, 3.8) is 0 Å². The Hall–Kier alpha value is -0.120. The van der Waals surface area contributed by atoms with Crippen LogP contribution in [-0.4, -0.2) is 38.0 Å².